The summed E-state index contributed by atoms with van der Waals surface area (Å²) in [6.45, 7) is 1.25. The Morgan fingerprint density at radius 1 is 1.50 bits per heavy atom. The van der Waals surface area contributed by atoms with Gasteiger partial charge >= 0.3 is 5.97 Å². The third-order valence-electron chi connectivity index (χ3n) is 2.18. The van der Waals surface area contributed by atoms with E-state index >= 15 is 0 Å². The first-order valence-electron chi connectivity index (χ1n) is 4.80. The number of carboxylic acids is 1. The van der Waals surface area contributed by atoms with Crippen molar-refractivity contribution >= 4 is 39.2 Å². The third-order valence-corrected chi connectivity index (χ3v) is 2.81. The molecule has 0 heterocycles. The minimum Gasteiger partial charge on any atom is -0.481 e. The number of nitrogens with zero attached hydrogens (tertiary/aromatic N) is 1. The minimum absolute atomic E-state index is 0.140. The molecule has 1 aromatic rings. The smallest absolute Gasteiger partial charge is 0.315 e. The molecule has 1 unspecified atom stereocenters. The quantitative estimate of drug-likeness (QED) is 0.501. The van der Waals surface area contributed by atoms with Crippen LogP contribution in [0, 0.1) is 16.0 Å². The van der Waals surface area contributed by atoms with Gasteiger partial charge < -0.3 is 10.4 Å². The zero-order valence-electron chi connectivity index (χ0n) is 9.21. The average Bonchev–Trinajstić information content (AvgIpc) is 2.27. The van der Waals surface area contributed by atoms with E-state index in [1.807, 2.05) is 0 Å². The predicted molar refractivity (Wildman–Crippen MR) is 66.2 cm³/mol. The van der Waals surface area contributed by atoms with E-state index < -0.39 is 22.7 Å². The standard InChI is InChI=1S/C10H9BrN2O5/c1-5(10(15)16)9(14)12-6-2-3-8(13(17)18)7(11)4-6/h2-5H,1H3,(H,12,14)(H,15,16). The molecule has 8 heteroatoms. The molecule has 2 N–H and O–H groups in total. The Morgan fingerprint density at radius 2 is 2.11 bits per heavy atom. The summed E-state index contributed by atoms with van der Waals surface area (Å²) in [7, 11) is 0. The Kier molecular flexibility index (Phi) is 4.38. The van der Waals surface area contributed by atoms with Gasteiger partial charge in [-0.1, -0.05) is 0 Å². The van der Waals surface area contributed by atoms with Gasteiger partial charge in [0.25, 0.3) is 5.69 Å². The van der Waals surface area contributed by atoms with Crippen molar-refractivity contribution in [3.63, 3.8) is 0 Å². The number of rotatable bonds is 4. The maximum absolute atomic E-state index is 11.4. The van der Waals surface area contributed by atoms with Crippen molar-refractivity contribution in [1.82, 2.24) is 0 Å². The zero-order chi connectivity index (χ0) is 13.9. The van der Waals surface area contributed by atoms with E-state index in [9.17, 15) is 19.7 Å². The molecule has 18 heavy (non-hydrogen) atoms. The van der Waals surface area contributed by atoms with Gasteiger partial charge in [-0.25, -0.2) is 0 Å². The second-order valence-electron chi connectivity index (χ2n) is 3.47. The molecule has 1 atom stereocenters. The van der Waals surface area contributed by atoms with Gasteiger partial charge in [-0.05, 0) is 35.0 Å². The van der Waals surface area contributed by atoms with E-state index in [1.165, 1.54) is 25.1 Å². The molecule has 0 spiro atoms. The Hall–Kier alpha value is -1.96. The van der Waals surface area contributed by atoms with E-state index in [0.717, 1.165) is 0 Å². The fraction of sp³-hybridized carbons (Fsp3) is 0.200. The molecule has 0 aliphatic heterocycles. The van der Waals surface area contributed by atoms with Crippen molar-refractivity contribution < 1.29 is 19.6 Å². The van der Waals surface area contributed by atoms with Crippen molar-refractivity contribution in [3.05, 3.63) is 32.8 Å². The lowest BCUT2D eigenvalue weighted by atomic mass is 10.1. The van der Waals surface area contributed by atoms with Gasteiger partial charge in [0.05, 0.1) is 9.40 Å². The number of nitro benzene ring substituents is 1. The average molecular weight is 317 g/mol. The summed E-state index contributed by atoms with van der Waals surface area (Å²) >= 11 is 2.99. The SMILES string of the molecule is CC(C(=O)O)C(=O)Nc1ccc([N+](=O)[O-])c(Br)c1. The van der Waals surface area contributed by atoms with Gasteiger partial charge in [0.15, 0.2) is 0 Å². The topological polar surface area (TPSA) is 110 Å². The number of aliphatic carboxylic acids is 1. The molecule has 0 bridgehead atoms. The van der Waals surface area contributed by atoms with Crippen LogP contribution in [-0.2, 0) is 9.59 Å². The highest BCUT2D eigenvalue weighted by Crippen LogP contribution is 2.27. The number of halogens is 1. The van der Waals surface area contributed by atoms with E-state index in [2.05, 4.69) is 21.2 Å². The number of benzene rings is 1. The molecule has 0 radical (unpaired) electrons. The maximum atomic E-state index is 11.4. The van der Waals surface area contributed by atoms with E-state index in [1.54, 1.807) is 0 Å². The van der Waals surface area contributed by atoms with Crippen molar-refractivity contribution in [1.29, 1.82) is 0 Å². The number of nitro groups is 1. The first-order chi connectivity index (χ1) is 8.32. The van der Waals surface area contributed by atoms with Crippen LogP contribution in [-0.4, -0.2) is 21.9 Å². The van der Waals surface area contributed by atoms with Crippen LogP contribution in [0.5, 0.6) is 0 Å². The number of amides is 1. The van der Waals surface area contributed by atoms with Crippen molar-refractivity contribution in [2.45, 2.75) is 6.92 Å². The molecule has 0 aromatic heterocycles. The molecule has 1 rings (SSSR count). The molecule has 0 aliphatic carbocycles. The highest BCUT2D eigenvalue weighted by molar-refractivity contribution is 9.10. The molecular weight excluding hydrogens is 308 g/mol. The van der Waals surface area contributed by atoms with Crippen LogP contribution in [0.3, 0.4) is 0 Å². The molecule has 7 nitrogen and oxygen atoms in total. The molecule has 96 valence electrons. The van der Waals surface area contributed by atoms with Crippen LogP contribution >= 0.6 is 15.9 Å². The van der Waals surface area contributed by atoms with E-state index in [0.29, 0.717) is 0 Å². The minimum atomic E-state index is -1.24. The molecule has 0 aliphatic rings. The van der Waals surface area contributed by atoms with E-state index in [-0.39, 0.29) is 15.8 Å². The monoisotopic (exact) mass is 316 g/mol. The van der Waals surface area contributed by atoms with Crippen molar-refractivity contribution in [2.75, 3.05) is 5.32 Å². The summed E-state index contributed by atoms with van der Waals surface area (Å²) in [6.07, 6.45) is 0. The second kappa shape index (κ2) is 5.58. The summed E-state index contributed by atoms with van der Waals surface area (Å²) < 4.78 is 0.202. The highest BCUT2D eigenvalue weighted by atomic mass is 79.9. The van der Waals surface area contributed by atoms with Gasteiger partial charge in [0, 0.05) is 11.8 Å². The molecule has 0 saturated carbocycles. The van der Waals surface area contributed by atoms with E-state index in [4.69, 9.17) is 5.11 Å². The number of carbonyl (C=O) groups is 2. The largest absolute Gasteiger partial charge is 0.481 e. The normalized spacial score (nSPS) is 11.7. The van der Waals surface area contributed by atoms with Crippen LogP contribution < -0.4 is 5.32 Å². The summed E-state index contributed by atoms with van der Waals surface area (Å²) in [5.41, 5.74) is 0.143. The molecule has 1 aromatic carbocycles. The Bertz CT molecular complexity index is 517. The van der Waals surface area contributed by atoms with Gasteiger partial charge in [-0.15, -0.1) is 0 Å². The molecular formula is C10H9BrN2O5. The number of anilines is 1. The maximum Gasteiger partial charge on any atom is 0.315 e. The first-order valence-corrected chi connectivity index (χ1v) is 5.60. The first kappa shape index (κ1) is 14.1. The Labute approximate surface area is 110 Å². The van der Waals surface area contributed by atoms with Gasteiger partial charge in [0.2, 0.25) is 5.91 Å². The lowest BCUT2D eigenvalue weighted by molar-refractivity contribution is -0.385. The predicted octanol–water partition coefficient (Wildman–Crippen LogP) is 2.02. The van der Waals surface area contributed by atoms with Crippen LogP contribution in [0.1, 0.15) is 6.92 Å². The summed E-state index contributed by atoms with van der Waals surface area (Å²) in [5, 5.41) is 21.6. The van der Waals surface area contributed by atoms with Gasteiger partial charge in [-0.2, -0.15) is 0 Å². The molecule has 1 amide bonds. The summed E-state index contributed by atoms with van der Waals surface area (Å²) in [6, 6.07) is 3.88. The van der Waals surface area contributed by atoms with Gasteiger partial charge in [-0.3, -0.25) is 19.7 Å². The Balaban J connectivity index is 2.87. The number of hydrogen-bond acceptors (Lipinski definition) is 4. The summed E-state index contributed by atoms with van der Waals surface area (Å²) in [5.74, 6) is -3.13. The fourth-order valence-corrected chi connectivity index (χ4v) is 1.62. The van der Waals surface area contributed by atoms with Crippen LogP contribution in [0.2, 0.25) is 0 Å². The number of carbonyl (C=O) groups excluding carboxylic acids is 1. The molecule has 0 saturated heterocycles. The lowest BCUT2D eigenvalue weighted by Crippen LogP contribution is -2.26. The number of carboxylic acid groups (broad SMARTS) is 1. The number of nitrogens with one attached hydrogen (secondary N) is 1. The van der Waals surface area contributed by atoms with Crippen molar-refractivity contribution in [3.8, 4) is 0 Å². The Morgan fingerprint density at radius 3 is 2.56 bits per heavy atom. The summed E-state index contributed by atoms with van der Waals surface area (Å²) in [4.78, 5) is 32.0. The van der Waals surface area contributed by atoms with Gasteiger partial charge in [0.1, 0.15) is 5.92 Å². The third kappa shape index (κ3) is 3.27. The van der Waals surface area contributed by atoms with Crippen molar-refractivity contribution in [2.24, 2.45) is 5.92 Å². The van der Waals surface area contributed by atoms with Crippen LogP contribution in [0.15, 0.2) is 22.7 Å². The lowest BCUT2D eigenvalue weighted by Gasteiger charge is -2.08. The highest BCUT2D eigenvalue weighted by Gasteiger charge is 2.21. The van der Waals surface area contributed by atoms with Crippen LogP contribution in [0.4, 0.5) is 11.4 Å². The fourth-order valence-electron chi connectivity index (χ4n) is 1.10. The zero-order valence-corrected chi connectivity index (χ0v) is 10.8. The molecule has 0 fully saturated rings. The number of hydrogen-bond donors (Lipinski definition) is 2. The van der Waals surface area contributed by atoms with Crippen LogP contribution in [0.25, 0.3) is 0 Å². The second-order valence-corrected chi connectivity index (χ2v) is 4.33.